The minimum absolute atomic E-state index is 0.0326. The molecule has 1 N–H and O–H groups in total. The van der Waals surface area contributed by atoms with Crippen LogP contribution in [0.5, 0.6) is 5.75 Å². The molecule has 0 saturated carbocycles. The Morgan fingerprint density at radius 2 is 1.97 bits per heavy atom. The van der Waals surface area contributed by atoms with Crippen molar-refractivity contribution in [3.8, 4) is 5.75 Å². The lowest BCUT2D eigenvalue weighted by Gasteiger charge is -2.13. The van der Waals surface area contributed by atoms with Crippen molar-refractivity contribution in [2.45, 2.75) is 20.0 Å². The van der Waals surface area contributed by atoms with Gasteiger partial charge in [-0.15, -0.1) is 0 Å². The first kappa shape index (κ1) is 21.0. The predicted octanol–water partition coefficient (Wildman–Crippen LogP) is 4.80. The number of carbonyl (C=O) groups is 3. The molecule has 0 unspecified atom stereocenters. The van der Waals surface area contributed by atoms with E-state index < -0.39 is 17.1 Å². The highest BCUT2D eigenvalue weighted by Gasteiger charge is 2.36. The van der Waals surface area contributed by atoms with Gasteiger partial charge in [0.25, 0.3) is 11.1 Å². The van der Waals surface area contributed by atoms with Gasteiger partial charge in [-0.05, 0) is 56.0 Å². The average molecular weight is 431 g/mol. The summed E-state index contributed by atoms with van der Waals surface area (Å²) in [6.45, 7) is 3.44. The third kappa shape index (κ3) is 5.40. The van der Waals surface area contributed by atoms with Crippen molar-refractivity contribution in [2.75, 3.05) is 11.9 Å². The Balaban J connectivity index is 1.73. The van der Waals surface area contributed by atoms with Crippen LogP contribution >= 0.6 is 23.4 Å². The van der Waals surface area contributed by atoms with Crippen LogP contribution in [0.15, 0.2) is 53.4 Å². The maximum atomic E-state index is 12.7. The van der Waals surface area contributed by atoms with Crippen LogP contribution in [0, 0.1) is 0 Å². The molecule has 0 atom stereocenters. The summed E-state index contributed by atoms with van der Waals surface area (Å²) in [4.78, 5) is 38.4. The van der Waals surface area contributed by atoms with Gasteiger partial charge < -0.3 is 10.1 Å². The minimum atomic E-state index is -0.513. The van der Waals surface area contributed by atoms with E-state index in [1.165, 1.54) is 0 Å². The number of rotatable bonds is 6. The Labute approximate surface area is 177 Å². The van der Waals surface area contributed by atoms with E-state index in [2.05, 4.69) is 5.32 Å². The predicted molar refractivity (Wildman–Crippen MR) is 115 cm³/mol. The molecule has 2 aromatic rings. The number of para-hydroxylation sites is 1. The number of nitrogens with one attached hydrogen (secondary N) is 1. The van der Waals surface area contributed by atoms with Crippen molar-refractivity contribution in [1.82, 2.24) is 4.90 Å². The molecule has 0 spiro atoms. The smallest absolute Gasteiger partial charge is 0.294 e. The largest absolute Gasteiger partial charge is 0.490 e. The van der Waals surface area contributed by atoms with Gasteiger partial charge in [-0.1, -0.05) is 35.9 Å². The van der Waals surface area contributed by atoms with E-state index in [-0.39, 0.29) is 17.6 Å². The van der Waals surface area contributed by atoms with Crippen molar-refractivity contribution >= 4 is 52.2 Å². The molecule has 8 heteroatoms. The number of halogens is 1. The lowest BCUT2D eigenvalue weighted by Crippen LogP contribution is -2.36. The normalized spacial score (nSPS) is 15.3. The molecule has 1 aliphatic rings. The van der Waals surface area contributed by atoms with Gasteiger partial charge >= 0.3 is 0 Å². The molecule has 3 amide bonds. The van der Waals surface area contributed by atoms with Crippen LogP contribution in [0.3, 0.4) is 0 Å². The summed E-state index contributed by atoms with van der Waals surface area (Å²) < 4.78 is 5.75. The van der Waals surface area contributed by atoms with E-state index >= 15 is 0 Å². The number of anilines is 1. The zero-order valence-corrected chi connectivity index (χ0v) is 17.4. The lowest BCUT2D eigenvalue weighted by molar-refractivity contribution is -0.127. The number of carbonyl (C=O) groups excluding carboxylic acids is 3. The average Bonchev–Trinajstić information content (AvgIpc) is 2.90. The molecule has 0 radical (unpaired) electrons. The Morgan fingerprint density at radius 3 is 2.69 bits per heavy atom. The van der Waals surface area contributed by atoms with Crippen LogP contribution in [0.25, 0.3) is 6.08 Å². The Kier molecular flexibility index (Phi) is 6.61. The fraction of sp³-hybridized carbons (Fsp3) is 0.190. The highest BCUT2D eigenvalue weighted by Crippen LogP contribution is 2.34. The summed E-state index contributed by atoms with van der Waals surface area (Å²) >= 11 is 6.69. The number of ether oxygens (including phenoxy) is 1. The summed E-state index contributed by atoms with van der Waals surface area (Å²) in [5.41, 5.74) is 1.18. The number of benzene rings is 2. The lowest BCUT2D eigenvalue weighted by atomic mass is 10.2. The van der Waals surface area contributed by atoms with Crippen molar-refractivity contribution in [1.29, 1.82) is 0 Å². The first-order chi connectivity index (χ1) is 13.8. The highest BCUT2D eigenvalue weighted by atomic mass is 35.5. The van der Waals surface area contributed by atoms with Crippen LogP contribution < -0.4 is 10.1 Å². The topological polar surface area (TPSA) is 75.7 Å². The molecule has 6 nitrogen and oxygen atoms in total. The van der Waals surface area contributed by atoms with E-state index in [4.69, 9.17) is 16.3 Å². The van der Waals surface area contributed by atoms with Gasteiger partial charge in [0, 0.05) is 16.3 Å². The van der Waals surface area contributed by atoms with Crippen molar-refractivity contribution in [2.24, 2.45) is 0 Å². The number of imide groups is 1. The summed E-state index contributed by atoms with van der Waals surface area (Å²) in [6, 6.07) is 13.9. The molecular formula is C21H19ClN2O4S. The summed E-state index contributed by atoms with van der Waals surface area (Å²) in [6.07, 6.45) is 1.58. The SMILES string of the molecule is CC(C)Oc1ccccc1/C=C1\SC(=O)N(CC(=O)Nc2cccc(Cl)c2)C1=O. The number of amides is 3. The monoisotopic (exact) mass is 430 g/mol. The molecule has 0 aliphatic carbocycles. The van der Waals surface area contributed by atoms with Gasteiger partial charge in [-0.2, -0.15) is 0 Å². The van der Waals surface area contributed by atoms with E-state index in [1.54, 1.807) is 42.5 Å². The number of nitrogens with zero attached hydrogens (tertiary/aromatic N) is 1. The maximum absolute atomic E-state index is 12.7. The number of hydrogen-bond acceptors (Lipinski definition) is 5. The third-order valence-electron chi connectivity index (χ3n) is 3.85. The quantitative estimate of drug-likeness (QED) is 0.666. The molecule has 0 bridgehead atoms. The Hall–Kier alpha value is -2.77. The second-order valence-electron chi connectivity index (χ2n) is 6.53. The van der Waals surface area contributed by atoms with Crippen LogP contribution in [-0.4, -0.2) is 34.6 Å². The van der Waals surface area contributed by atoms with E-state index in [0.29, 0.717) is 22.0 Å². The molecule has 0 aromatic heterocycles. The van der Waals surface area contributed by atoms with E-state index in [1.807, 2.05) is 26.0 Å². The Morgan fingerprint density at radius 1 is 1.21 bits per heavy atom. The first-order valence-corrected chi connectivity index (χ1v) is 10.1. The van der Waals surface area contributed by atoms with Crippen molar-refractivity contribution in [3.63, 3.8) is 0 Å². The fourth-order valence-corrected chi connectivity index (χ4v) is 3.67. The van der Waals surface area contributed by atoms with Gasteiger partial charge in [-0.25, -0.2) is 0 Å². The van der Waals surface area contributed by atoms with Gasteiger partial charge in [-0.3, -0.25) is 19.3 Å². The van der Waals surface area contributed by atoms with Crippen molar-refractivity contribution < 1.29 is 19.1 Å². The third-order valence-corrected chi connectivity index (χ3v) is 4.99. The molecule has 2 aromatic carbocycles. The van der Waals surface area contributed by atoms with E-state index in [9.17, 15) is 14.4 Å². The van der Waals surface area contributed by atoms with Gasteiger partial charge in [0.15, 0.2) is 0 Å². The summed E-state index contributed by atoms with van der Waals surface area (Å²) in [5, 5.41) is 2.60. The summed E-state index contributed by atoms with van der Waals surface area (Å²) in [7, 11) is 0. The second kappa shape index (κ2) is 9.15. The van der Waals surface area contributed by atoms with Crippen LogP contribution in [-0.2, 0) is 9.59 Å². The molecular weight excluding hydrogens is 412 g/mol. The van der Waals surface area contributed by atoms with Crippen LogP contribution in [0.4, 0.5) is 10.5 Å². The van der Waals surface area contributed by atoms with Crippen LogP contribution in [0.1, 0.15) is 19.4 Å². The fourth-order valence-electron chi connectivity index (χ4n) is 2.65. The van der Waals surface area contributed by atoms with Gasteiger partial charge in [0.2, 0.25) is 5.91 Å². The number of thioether (sulfide) groups is 1. The molecule has 150 valence electrons. The molecule has 1 fully saturated rings. The first-order valence-electron chi connectivity index (χ1n) is 8.90. The molecule has 3 rings (SSSR count). The summed E-state index contributed by atoms with van der Waals surface area (Å²) in [5.74, 6) is -0.382. The molecule has 1 heterocycles. The maximum Gasteiger partial charge on any atom is 0.294 e. The van der Waals surface area contributed by atoms with Crippen molar-refractivity contribution in [3.05, 3.63) is 64.0 Å². The molecule has 1 aliphatic heterocycles. The van der Waals surface area contributed by atoms with Gasteiger partial charge in [0.05, 0.1) is 11.0 Å². The molecule has 29 heavy (non-hydrogen) atoms. The van der Waals surface area contributed by atoms with E-state index in [0.717, 1.165) is 16.7 Å². The zero-order valence-electron chi connectivity index (χ0n) is 15.8. The zero-order chi connectivity index (χ0) is 21.0. The van der Waals surface area contributed by atoms with Crippen LogP contribution in [0.2, 0.25) is 5.02 Å². The Bertz CT molecular complexity index is 990. The molecule has 1 saturated heterocycles. The van der Waals surface area contributed by atoms with Gasteiger partial charge in [0.1, 0.15) is 12.3 Å². The second-order valence-corrected chi connectivity index (χ2v) is 7.96. The minimum Gasteiger partial charge on any atom is -0.490 e. The standard InChI is InChI=1S/C21H19ClN2O4S/c1-13(2)28-17-9-4-3-6-14(17)10-18-20(26)24(21(27)29-18)12-19(25)23-16-8-5-7-15(22)11-16/h3-11,13H,12H2,1-2H3,(H,23,25)/b18-10-. The highest BCUT2D eigenvalue weighted by molar-refractivity contribution is 8.18. The number of hydrogen-bond donors (Lipinski definition) is 1.